The van der Waals surface area contributed by atoms with E-state index in [0.29, 0.717) is 36.4 Å². The third-order valence-electron chi connectivity index (χ3n) is 3.10. The molecule has 6 heteroatoms. The molecule has 0 aliphatic carbocycles. The van der Waals surface area contributed by atoms with Crippen LogP contribution in [-0.2, 0) is 6.54 Å². The molecule has 3 N–H and O–H groups in total. The highest BCUT2D eigenvalue weighted by molar-refractivity contribution is 5.67. The lowest BCUT2D eigenvalue weighted by Gasteiger charge is -2.15. The first-order valence-corrected chi connectivity index (χ1v) is 7.29. The van der Waals surface area contributed by atoms with E-state index in [9.17, 15) is 4.39 Å². The number of nitrogens with one attached hydrogen (secondary N) is 1. The van der Waals surface area contributed by atoms with Gasteiger partial charge in [-0.3, -0.25) is 0 Å². The first-order chi connectivity index (χ1) is 10.5. The first-order valence-electron chi connectivity index (χ1n) is 7.29. The number of hydrogen-bond acceptors (Lipinski definition) is 5. The summed E-state index contributed by atoms with van der Waals surface area (Å²) in [6, 6.07) is 6.27. The Hall–Kier alpha value is -2.37. The van der Waals surface area contributed by atoms with Gasteiger partial charge < -0.3 is 15.8 Å². The Bertz CT molecular complexity index is 629. The molecule has 5 nitrogen and oxygen atoms in total. The zero-order chi connectivity index (χ0) is 16.1. The number of anilines is 2. The molecule has 0 aliphatic rings. The average Bonchev–Trinajstić information content (AvgIpc) is 2.49. The van der Waals surface area contributed by atoms with Crippen molar-refractivity contribution in [3.8, 4) is 5.88 Å². The third kappa shape index (κ3) is 3.84. The molecule has 0 radical (unpaired) electrons. The normalized spacial score (nSPS) is 10.8. The lowest BCUT2D eigenvalue weighted by Crippen LogP contribution is -2.11. The quantitative estimate of drug-likeness (QED) is 0.856. The van der Waals surface area contributed by atoms with E-state index in [1.807, 2.05) is 20.8 Å². The molecule has 0 saturated heterocycles. The molecule has 118 valence electrons. The van der Waals surface area contributed by atoms with Crippen molar-refractivity contribution < 1.29 is 9.13 Å². The highest BCUT2D eigenvalue weighted by Crippen LogP contribution is 2.28. The minimum Gasteiger partial charge on any atom is -0.476 e. The molecule has 0 saturated carbocycles. The number of aromatic nitrogens is 2. The van der Waals surface area contributed by atoms with Crippen molar-refractivity contribution in [3.05, 3.63) is 41.5 Å². The van der Waals surface area contributed by atoms with E-state index < -0.39 is 0 Å². The molecule has 0 unspecified atom stereocenters. The van der Waals surface area contributed by atoms with Crippen LogP contribution < -0.4 is 15.8 Å². The zero-order valence-electron chi connectivity index (χ0n) is 13.1. The fourth-order valence-electron chi connectivity index (χ4n) is 1.89. The van der Waals surface area contributed by atoms with Gasteiger partial charge in [-0.25, -0.2) is 9.37 Å². The molecule has 2 aromatic rings. The van der Waals surface area contributed by atoms with Crippen LogP contribution in [0.2, 0.25) is 0 Å². The van der Waals surface area contributed by atoms with Crippen molar-refractivity contribution in [2.75, 3.05) is 17.7 Å². The standard InChI is InChI=1S/C16H21FN4O/c1-4-22-16-13(18)15(20-14(21-16)10(2)3)19-9-11-5-7-12(17)8-6-11/h5-8,10H,4,9,18H2,1-3H3,(H,19,20,21). The van der Waals surface area contributed by atoms with Crippen molar-refractivity contribution in [3.63, 3.8) is 0 Å². The molecule has 1 aromatic heterocycles. The maximum absolute atomic E-state index is 12.9. The van der Waals surface area contributed by atoms with E-state index >= 15 is 0 Å². The molecule has 2 rings (SSSR count). The van der Waals surface area contributed by atoms with Crippen molar-refractivity contribution in [2.45, 2.75) is 33.2 Å². The lowest BCUT2D eigenvalue weighted by atomic mass is 10.2. The number of benzene rings is 1. The van der Waals surface area contributed by atoms with Gasteiger partial charge in [0.05, 0.1) is 6.61 Å². The molecule has 0 atom stereocenters. The number of rotatable bonds is 6. The van der Waals surface area contributed by atoms with Gasteiger partial charge >= 0.3 is 0 Å². The Labute approximate surface area is 129 Å². The summed E-state index contributed by atoms with van der Waals surface area (Å²) in [7, 11) is 0. The van der Waals surface area contributed by atoms with Crippen LogP contribution in [0.1, 0.15) is 38.1 Å². The van der Waals surface area contributed by atoms with Crippen LogP contribution in [0.3, 0.4) is 0 Å². The first kappa shape index (κ1) is 16.0. The smallest absolute Gasteiger partial charge is 0.242 e. The fourth-order valence-corrected chi connectivity index (χ4v) is 1.89. The second-order valence-electron chi connectivity index (χ2n) is 5.22. The van der Waals surface area contributed by atoms with Gasteiger partial charge in [0.25, 0.3) is 0 Å². The molecular formula is C16H21FN4O. The second kappa shape index (κ2) is 7.06. The van der Waals surface area contributed by atoms with Crippen molar-refractivity contribution in [1.29, 1.82) is 0 Å². The van der Waals surface area contributed by atoms with Crippen LogP contribution in [0.25, 0.3) is 0 Å². The third-order valence-corrected chi connectivity index (χ3v) is 3.10. The van der Waals surface area contributed by atoms with Gasteiger partial charge in [-0.1, -0.05) is 26.0 Å². The van der Waals surface area contributed by atoms with Crippen molar-refractivity contribution in [1.82, 2.24) is 9.97 Å². The topological polar surface area (TPSA) is 73.1 Å². The van der Waals surface area contributed by atoms with Crippen LogP contribution in [0.15, 0.2) is 24.3 Å². The second-order valence-corrected chi connectivity index (χ2v) is 5.22. The summed E-state index contributed by atoms with van der Waals surface area (Å²) in [6.07, 6.45) is 0. The maximum Gasteiger partial charge on any atom is 0.242 e. The summed E-state index contributed by atoms with van der Waals surface area (Å²) >= 11 is 0. The monoisotopic (exact) mass is 304 g/mol. The molecule has 0 bridgehead atoms. The molecular weight excluding hydrogens is 283 g/mol. The van der Waals surface area contributed by atoms with Gasteiger partial charge in [-0.15, -0.1) is 0 Å². The number of nitrogens with zero attached hydrogens (tertiary/aromatic N) is 2. The van der Waals surface area contributed by atoms with E-state index in [4.69, 9.17) is 10.5 Å². The minimum atomic E-state index is -0.258. The molecule has 1 aromatic carbocycles. The van der Waals surface area contributed by atoms with Crippen molar-refractivity contribution in [2.24, 2.45) is 0 Å². The summed E-state index contributed by atoms with van der Waals surface area (Å²) in [4.78, 5) is 8.79. The summed E-state index contributed by atoms with van der Waals surface area (Å²) in [5, 5.41) is 3.16. The number of nitrogen functional groups attached to an aromatic ring is 1. The fraction of sp³-hybridized carbons (Fsp3) is 0.375. The van der Waals surface area contributed by atoms with Crippen LogP contribution in [0.5, 0.6) is 5.88 Å². The Balaban J connectivity index is 2.22. The van der Waals surface area contributed by atoms with Gasteiger partial charge in [0.1, 0.15) is 17.3 Å². The molecule has 0 amide bonds. The van der Waals surface area contributed by atoms with Gasteiger partial charge in [0.15, 0.2) is 5.82 Å². The van der Waals surface area contributed by atoms with Crippen LogP contribution in [-0.4, -0.2) is 16.6 Å². The SMILES string of the molecule is CCOc1nc(C(C)C)nc(NCc2ccc(F)cc2)c1N. The number of halogens is 1. The van der Waals surface area contributed by atoms with Crippen molar-refractivity contribution >= 4 is 11.5 Å². The summed E-state index contributed by atoms with van der Waals surface area (Å²) in [5.74, 6) is 1.49. The van der Waals surface area contributed by atoms with E-state index in [-0.39, 0.29) is 11.7 Å². The largest absolute Gasteiger partial charge is 0.476 e. The Morgan fingerprint density at radius 3 is 2.50 bits per heavy atom. The van der Waals surface area contributed by atoms with Gasteiger partial charge in [-0.05, 0) is 24.6 Å². The van der Waals surface area contributed by atoms with E-state index in [2.05, 4.69) is 15.3 Å². The Kier molecular flexibility index (Phi) is 5.14. The Morgan fingerprint density at radius 1 is 1.23 bits per heavy atom. The predicted octanol–water partition coefficient (Wildman–Crippen LogP) is 3.33. The number of nitrogens with two attached hydrogens (primary N) is 1. The summed E-state index contributed by atoms with van der Waals surface area (Å²) in [6.45, 7) is 6.86. The molecule has 0 aliphatic heterocycles. The summed E-state index contributed by atoms with van der Waals surface area (Å²) in [5.41, 5.74) is 7.37. The highest BCUT2D eigenvalue weighted by atomic mass is 19.1. The summed E-state index contributed by atoms with van der Waals surface area (Å²) < 4.78 is 18.4. The molecule has 0 spiro atoms. The minimum absolute atomic E-state index is 0.158. The number of ether oxygens (including phenoxy) is 1. The van der Waals surface area contributed by atoms with Crippen LogP contribution >= 0.6 is 0 Å². The number of hydrogen-bond donors (Lipinski definition) is 2. The average molecular weight is 304 g/mol. The zero-order valence-corrected chi connectivity index (χ0v) is 13.1. The Morgan fingerprint density at radius 2 is 1.91 bits per heavy atom. The van der Waals surface area contributed by atoms with Gasteiger partial charge in [0.2, 0.25) is 5.88 Å². The van der Waals surface area contributed by atoms with Crippen LogP contribution in [0.4, 0.5) is 15.9 Å². The van der Waals surface area contributed by atoms with E-state index in [0.717, 1.165) is 5.56 Å². The van der Waals surface area contributed by atoms with Gasteiger partial charge in [-0.2, -0.15) is 4.98 Å². The molecule has 0 fully saturated rings. The molecule has 22 heavy (non-hydrogen) atoms. The van der Waals surface area contributed by atoms with Gasteiger partial charge in [0, 0.05) is 12.5 Å². The van der Waals surface area contributed by atoms with Crippen LogP contribution in [0, 0.1) is 5.82 Å². The van der Waals surface area contributed by atoms with E-state index in [1.54, 1.807) is 12.1 Å². The highest BCUT2D eigenvalue weighted by Gasteiger charge is 2.14. The lowest BCUT2D eigenvalue weighted by molar-refractivity contribution is 0.326. The van der Waals surface area contributed by atoms with E-state index in [1.165, 1.54) is 12.1 Å². The molecule has 1 heterocycles. The predicted molar refractivity (Wildman–Crippen MR) is 85.4 cm³/mol. The maximum atomic E-state index is 12.9.